The second-order valence-electron chi connectivity index (χ2n) is 5.12. The first-order valence-corrected chi connectivity index (χ1v) is 5.59. The van der Waals surface area contributed by atoms with Gasteiger partial charge in [-0.25, -0.2) is 5.26 Å². The molecular weight excluding hydrogens is 173 g/mol. The first-order chi connectivity index (χ1) is 6.66. The van der Waals surface area contributed by atoms with Crippen molar-refractivity contribution in [3.05, 3.63) is 0 Å². The lowest BCUT2D eigenvalue weighted by Crippen LogP contribution is -2.33. The van der Waals surface area contributed by atoms with Crippen LogP contribution in [0.2, 0.25) is 12.6 Å². The number of rotatable bonds is 0. The molecule has 0 bridgehead atoms. The van der Waals surface area contributed by atoms with E-state index in [1.54, 1.807) is 0 Å². The number of nitrogens with zero attached hydrogens (tertiary/aromatic N) is 1. The second kappa shape index (κ2) is 3.42. The molecule has 0 aromatic carbocycles. The van der Waals surface area contributed by atoms with Crippen LogP contribution in [-0.2, 0) is 4.79 Å². The van der Waals surface area contributed by atoms with E-state index in [1.807, 2.05) is 0 Å². The molecule has 1 aliphatic carbocycles. The highest BCUT2D eigenvalue weighted by Crippen LogP contribution is 2.48. The first-order valence-electron chi connectivity index (χ1n) is 5.59. The molecule has 0 amide bonds. The Morgan fingerprint density at radius 1 is 1.50 bits per heavy atom. The zero-order valence-electron chi connectivity index (χ0n) is 8.75. The van der Waals surface area contributed by atoms with Gasteiger partial charge in [0.2, 0.25) is 0 Å². The molecular formula is C11H16BNO. The van der Waals surface area contributed by atoms with Crippen molar-refractivity contribution >= 4 is 12.5 Å². The molecule has 1 saturated heterocycles. The molecule has 2 rings (SSSR count). The summed E-state index contributed by atoms with van der Waals surface area (Å²) in [5, 5.41) is 8.81. The fourth-order valence-corrected chi connectivity index (χ4v) is 3.17. The van der Waals surface area contributed by atoms with Crippen LogP contribution < -0.4 is 0 Å². The number of nitriles is 1. The van der Waals surface area contributed by atoms with E-state index in [4.69, 9.17) is 5.26 Å². The minimum absolute atomic E-state index is 0.00718. The summed E-state index contributed by atoms with van der Waals surface area (Å²) < 4.78 is 0. The lowest BCUT2D eigenvalue weighted by atomic mass is 9.39. The van der Waals surface area contributed by atoms with Gasteiger partial charge in [0.05, 0.1) is 0 Å². The molecule has 2 nitrogen and oxygen atoms in total. The molecule has 1 spiro atoms. The summed E-state index contributed by atoms with van der Waals surface area (Å²) in [6, 6.07) is 0. The van der Waals surface area contributed by atoms with Crippen LogP contribution in [-0.4, -0.2) is 12.5 Å². The maximum absolute atomic E-state index is 11.9. The summed E-state index contributed by atoms with van der Waals surface area (Å²) in [5.74, 6) is 3.37. The first kappa shape index (κ1) is 9.77. The second-order valence-corrected chi connectivity index (χ2v) is 5.12. The molecule has 74 valence electrons. The normalized spacial score (nSPS) is 30.7. The minimum Gasteiger partial charge on any atom is -0.299 e. The van der Waals surface area contributed by atoms with E-state index in [-0.39, 0.29) is 12.1 Å². The Morgan fingerprint density at radius 2 is 2.14 bits per heavy atom. The quantitative estimate of drug-likeness (QED) is 0.548. The summed E-state index contributed by atoms with van der Waals surface area (Å²) in [7, 11) is 0. The standard InChI is InChI=1S/C11H16BNO/c1-9-6-10(14)11(7-9)2-4-12(8-13)5-3-11/h9H,2-7H2,1H3. The van der Waals surface area contributed by atoms with Gasteiger partial charge in [-0.1, -0.05) is 19.6 Å². The monoisotopic (exact) mass is 189 g/mol. The topological polar surface area (TPSA) is 40.9 Å². The number of Topliss-reactive ketones (excluding diaryl/α,β-unsaturated/α-hetero) is 1. The van der Waals surface area contributed by atoms with Gasteiger partial charge in [-0.3, -0.25) is 4.79 Å². The molecule has 1 atom stereocenters. The van der Waals surface area contributed by atoms with Crippen molar-refractivity contribution in [1.29, 1.82) is 5.26 Å². The lowest BCUT2D eigenvalue weighted by molar-refractivity contribution is -0.126. The molecule has 1 heterocycles. The average Bonchev–Trinajstić information content (AvgIpc) is 2.43. The summed E-state index contributed by atoms with van der Waals surface area (Å²) in [6.07, 6.45) is 5.66. The minimum atomic E-state index is -0.00718. The largest absolute Gasteiger partial charge is 0.299 e. The Balaban J connectivity index is 2.06. The number of carbonyl (C=O) groups excluding carboxylic acids is 1. The van der Waals surface area contributed by atoms with Crippen LogP contribution in [0.15, 0.2) is 0 Å². The van der Waals surface area contributed by atoms with Gasteiger partial charge in [-0.15, -0.1) is 0 Å². The van der Waals surface area contributed by atoms with Crippen LogP contribution in [0.4, 0.5) is 0 Å². The average molecular weight is 189 g/mol. The van der Waals surface area contributed by atoms with Gasteiger partial charge in [-0.2, -0.15) is 0 Å². The van der Waals surface area contributed by atoms with Crippen LogP contribution in [0.5, 0.6) is 0 Å². The van der Waals surface area contributed by atoms with Gasteiger partial charge in [-0.05, 0) is 25.2 Å². The van der Waals surface area contributed by atoms with Gasteiger partial charge in [0.15, 0.2) is 0 Å². The van der Waals surface area contributed by atoms with E-state index < -0.39 is 0 Å². The number of ketones is 1. The highest BCUT2D eigenvalue weighted by Gasteiger charge is 2.47. The molecule has 1 aliphatic heterocycles. The fraction of sp³-hybridized carbons (Fsp3) is 0.818. The Bertz CT molecular complexity index is 286. The van der Waals surface area contributed by atoms with E-state index in [2.05, 4.69) is 12.9 Å². The van der Waals surface area contributed by atoms with Crippen molar-refractivity contribution in [1.82, 2.24) is 0 Å². The summed E-state index contributed by atoms with van der Waals surface area (Å²) in [6.45, 7) is 2.38. The molecule has 1 saturated carbocycles. The maximum atomic E-state index is 11.9. The van der Waals surface area contributed by atoms with Crippen molar-refractivity contribution < 1.29 is 4.79 Å². The van der Waals surface area contributed by atoms with Crippen LogP contribution in [0, 0.1) is 22.6 Å². The molecule has 0 aromatic heterocycles. The Hall–Kier alpha value is -0.775. The maximum Gasteiger partial charge on any atom is 0.267 e. The predicted molar refractivity (Wildman–Crippen MR) is 56.1 cm³/mol. The summed E-state index contributed by atoms with van der Waals surface area (Å²) in [4.78, 5) is 11.9. The van der Waals surface area contributed by atoms with Crippen LogP contribution in [0.1, 0.15) is 32.6 Å². The Kier molecular flexibility index (Phi) is 2.39. The van der Waals surface area contributed by atoms with Gasteiger partial charge < -0.3 is 0 Å². The van der Waals surface area contributed by atoms with Crippen LogP contribution >= 0.6 is 0 Å². The third-order valence-corrected chi connectivity index (χ3v) is 3.99. The molecule has 14 heavy (non-hydrogen) atoms. The number of carbonyl (C=O) groups is 1. The zero-order valence-corrected chi connectivity index (χ0v) is 8.75. The van der Waals surface area contributed by atoms with Gasteiger partial charge >= 0.3 is 0 Å². The van der Waals surface area contributed by atoms with Crippen molar-refractivity contribution in [3.8, 4) is 5.97 Å². The van der Waals surface area contributed by atoms with E-state index in [0.717, 1.165) is 38.3 Å². The smallest absolute Gasteiger partial charge is 0.267 e. The van der Waals surface area contributed by atoms with Crippen molar-refractivity contribution in [2.24, 2.45) is 11.3 Å². The Morgan fingerprint density at radius 3 is 2.57 bits per heavy atom. The van der Waals surface area contributed by atoms with Crippen LogP contribution in [0.25, 0.3) is 0 Å². The summed E-state index contributed by atoms with van der Waals surface area (Å²) in [5.41, 5.74) is -0.00718. The number of hydrogen-bond donors (Lipinski definition) is 0. The van der Waals surface area contributed by atoms with E-state index in [1.165, 1.54) is 0 Å². The van der Waals surface area contributed by atoms with Gasteiger partial charge in [0.1, 0.15) is 5.78 Å². The number of hydrogen-bond acceptors (Lipinski definition) is 2. The van der Waals surface area contributed by atoms with Crippen molar-refractivity contribution in [2.75, 3.05) is 0 Å². The summed E-state index contributed by atoms with van der Waals surface area (Å²) >= 11 is 0. The zero-order chi connectivity index (χ0) is 10.2. The van der Waals surface area contributed by atoms with E-state index in [0.29, 0.717) is 11.7 Å². The lowest BCUT2D eigenvalue weighted by Gasteiger charge is -2.32. The van der Waals surface area contributed by atoms with Crippen molar-refractivity contribution in [2.45, 2.75) is 45.2 Å². The molecule has 2 fully saturated rings. The van der Waals surface area contributed by atoms with E-state index in [9.17, 15) is 4.79 Å². The SMILES string of the molecule is CC1CC(=O)C2(CCB(C#N)CC2)C1. The third-order valence-electron chi connectivity index (χ3n) is 3.99. The molecule has 1 unspecified atom stereocenters. The molecule has 0 radical (unpaired) electrons. The molecule has 0 aromatic rings. The van der Waals surface area contributed by atoms with Crippen molar-refractivity contribution in [3.63, 3.8) is 0 Å². The Labute approximate surface area is 85.8 Å². The van der Waals surface area contributed by atoms with Gasteiger partial charge in [0.25, 0.3) is 6.71 Å². The highest BCUT2D eigenvalue weighted by atomic mass is 16.1. The van der Waals surface area contributed by atoms with Crippen LogP contribution in [0.3, 0.4) is 0 Å². The molecule has 3 heteroatoms. The highest BCUT2D eigenvalue weighted by molar-refractivity contribution is 6.67. The fourth-order valence-electron chi connectivity index (χ4n) is 3.17. The molecule has 0 N–H and O–H groups in total. The van der Waals surface area contributed by atoms with E-state index >= 15 is 0 Å². The molecule has 2 aliphatic rings. The third kappa shape index (κ3) is 1.47. The van der Waals surface area contributed by atoms with Gasteiger partial charge in [0, 0.05) is 17.8 Å². The predicted octanol–water partition coefficient (Wildman–Crippen LogP) is 2.32.